The summed E-state index contributed by atoms with van der Waals surface area (Å²) in [7, 11) is 0. The topological polar surface area (TPSA) is 75.6 Å². The Kier molecular flexibility index (Phi) is 16.2. The summed E-state index contributed by atoms with van der Waals surface area (Å²) in [6.07, 6.45) is 13.4. The second-order valence-corrected chi connectivity index (χ2v) is 6.09. The van der Waals surface area contributed by atoms with Crippen molar-refractivity contribution in [1.82, 2.24) is 5.32 Å². The quantitative estimate of drug-likeness (QED) is 0.312. The van der Waals surface area contributed by atoms with Crippen molar-refractivity contribution in [2.24, 2.45) is 0 Å². The van der Waals surface area contributed by atoms with Gasteiger partial charge in [0.2, 0.25) is 0 Å². The minimum absolute atomic E-state index is 0.129. The van der Waals surface area contributed by atoms with Crippen LogP contribution in [-0.2, 0) is 9.53 Å². The molecule has 0 fully saturated rings. The fourth-order valence-corrected chi connectivity index (χ4v) is 2.44. The molecule has 0 aliphatic carbocycles. The van der Waals surface area contributed by atoms with E-state index >= 15 is 0 Å². The maximum atomic E-state index is 11.5. The number of carboxylic acid groups (broad SMARTS) is 1. The van der Waals surface area contributed by atoms with Crippen molar-refractivity contribution in [2.45, 2.75) is 90.4 Å². The maximum Gasteiger partial charge on any atom is 0.404 e. The molecule has 136 valence electrons. The second kappa shape index (κ2) is 17.1. The molecule has 0 aromatic heterocycles. The number of hydrogen-bond acceptors (Lipinski definition) is 3. The van der Waals surface area contributed by atoms with Gasteiger partial charge in [-0.3, -0.25) is 4.79 Å². The zero-order valence-corrected chi connectivity index (χ0v) is 14.8. The fourth-order valence-electron chi connectivity index (χ4n) is 2.44. The molecule has 23 heavy (non-hydrogen) atoms. The Morgan fingerprint density at radius 3 is 1.96 bits per heavy atom. The smallest absolute Gasteiger partial charge is 0.404 e. The third-order valence-electron chi connectivity index (χ3n) is 3.84. The van der Waals surface area contributed by atoms with Crippen LogP contribution in [0.25, 0.3) is 0 Å². The average molecular weight is 329 g/mol. The first-order valence-electron chi connectivity index (χ1n) is 9.29. The van der Waals surface area contributed by atoms with Crippen LogP contribution in [0.1, 0.15) is 90.4 Å². The molecule has 0 atom stereocenters. The monoisotopic (exact) mass is 329 g/mol. The Bertz CT molecular complexity index is 295. The van der Waals surface area contributed by atoms with E-state index in [0.29, 0.717) is 32.4 Å². The Morgan fingerprint density at radius 2 is 1.39 bits per heavy atom. The summed E-state index contributed by atoms with van der Waals surface area (Å²) in [6, 6.07) is 0. The number of ether oxygens (including phenoxy) is 1. The number of carbonyl (C=O) groups is 2. The third-order valence-corrected chi connectivity index (χ3v) is 3.84. The van der Waals surface area contributed by atoms with Crippen molar-refractivity contribution in [3.05, 3.63) is 0 Å². The van der Waals surface area contributed by atoms with Crippen LogP contribution in [-0.4, -0.2) is 30.3 Å². The van der Waals surface area contributed by atoms with Crippen molar-refractivity contribution in [3.63, 3.8) is 0 Å². The highest BCUT2D eigenvalue weighted by Crippen LogP contribution is 2.11. The Hall–Kier alpha value is -1.26. The Labute approximate surface area is 141 Å². The van der Waals surface area contributed by atoms with Crippen LogP contribution < -0.4 is 5.32 Å². The van der Waals surface area contributed by atoms with Gasteiger partial charge in [-0.2, -0.15) is 0 Å². The molecule has 0 saturated heterocycles. The number of amides is 1. The highest BCUT2D eigenvalue weighted by molar-refractivity contribution is 5.69. The van der Waals surface area contributed by atoms with Gasteiger partial charge in [0.25, 0.3) is 0 Å². The fraction of sp³-hybridized carbons (Fsp3) is 0.889. The highest BCUT2D eigenvalue weighted by atomic mass is 16.5. The van der Waals surface area contributed by atoms with Gasteiger partial charge in [-0.25, -0.2) is 4.79 Å². The van der Waals surface area contributed by atoms with Crippen molar-refractivity contribution >= 4 is 12.1 Å². The van der Waals surface area contributed by atoms with Gasteiger partial charge < -0.3 is 15.2 Å². The van der Waals surface area contributed by atoms with Crippen LogP contribution in [0, 0.1) is 0 Å². The largest absolute Gasteiger partial charge is 0.466 e. The van der Waals surface area contributed by atoms with Gasteiger partial charge in [0.05, 0.1) is 6.61 Å². The lowest BCUT2D eigenvalue weighted by Crippen LogP contribution is -2.22. The summed E-state index contributed by atoms with van der Waals surface area (Å²) in [5.74, 6) is -0.129. The van der Waals surface area contributed by atoms with Gasteiger partial charge >= 0.3 is 12.1 Å². The van der Waals surface area contributed by atoms with Crippen LogP contribution in [0.2, 0.25) is 0 Å². The first-order valence-corrected chi connectivity index (χ1v) is 9.29. The van der Waals surface area contributed by atoms with Gasteiger partial charge in [-0.15, -0.1) is 0 Å². The van der Waals surface area contributed by atoms with Gasteiger partial charge in [-0.1, -0.05) is 64.7 Å². The first kappa shape index (κ1) is 21.7. The number of hydrogen-bond donors (Lipinski definition) is 2. The number of carbonyl (C=O) groups excluding carboxylic acids is 1. The average Bonchev–Trinajstić information content (AvgIpc) is 2.52. The zero-order chi connectivity index (χ0) is 17.2. The summed E-state index contributed by atoms with van der Waals surface area (Å²) in [6.45, 7) is 3.03. The van der Waals surface area contributed by atoms with Crippen LogP contribution >= 0.6 is 0 Å². The molecule has 0 unspecified atom stereocenters. The van der Waals surface area contributed by atoms with Crippen LogP contribution in [0.4, 0.5) is 4.79 Å². The van der Waals surface area contributed by atoms with E-state index < -0.39 is 6.09 Å². The summed E-state index contributed by atoms with van der Waals surface area (Å²) >= 11 is 0. The Balaban J connectivity index is 3.17. The van der Waals surface area contributed by atoms with Gasteiger partial charge in [0, 0.05) is 13.0 Å². The number of unbranched alkanes of at least 4 members (excludes halogenated alkanes) is 10. The molecule has 2 N–H and O–H groups in total. The van der Waals surface area contributed by atoms with E-state index in [1.54, 1.807) is 0 Å². The van der Waals surface area contributed by atoms with E-state index in [9.17, 15) is 9.59 Å². The van der Waals surface area contributed by atoms with Crippen LogP contribution in [0.3, 0.4) is 0 Å². The van der Waals surface area contributed by atoms with E-state index in [2.05, 4.69) is 12.2 Å². The summed E-state index contributed by atoms with van der Waals surface area (Å²) in [5, 5.41) is 10.7. The van der Waals surface area contributed by atoms with Crippen molar-refractivity contribution in [3.8, 4) is 0 Å². The molecule has 0 spiro atoms. The van der Waals surface area contributed by atoms with Crippen molar-refractivity contribution in [2.75, 3.05) is 13.2 Å². The zero-order valence-electron chi connectivity index (χ0n) is 14.8. The highest BCUT2D eigenvalue weighted by Gasteiger charge is 2.02. The van der Waals surface area contributed by atoms with E-state index in [1.807, 2.05) is 0 Å². The van der Waals surface area contributed by atoms with Crippen molar-refractivity contribution < 1.29 is 19.4 Å². The lowest BCUT2D eigenvalue weighted by atomic mass is 10.1. The molecular formula is C18H35NO4. The maximum absolute atomic E-state index is 11.5. The normalized spacial score (nSPS) is 10.5. The van der Waals surface area contributed by atoms with E-state index in [0.717, 1.165) is 12.8 Å². The SMILES string of the molecule is CCCCCCCCCCCCC(=O)OCCCCNC(=O)O. The molecule has 0 heterocycles. The molecule has 0 aliphatic rings. The molecule has 1 amide bonds. The molecule has 0 saturated carbocycles. The van der Waals surface area contributed by atoms with Gasteiger partial charge in [0.1, 0.15) is 0 Å². The van der Waals surface area contributed by atoms with Crippen LogP contribution in [0.5, 0.6) is 0 Å². The van der Waals surface area contributed by atoms with Gasteiger partial charge in [0.15, 0.2) is 0 Å². The summed E-state index contributed by atoms with van der Waals surface area (Å²) in [5.41, 5.74) is 0. The lowest BCUT2D eigenvalue weighted by Gasteiger charge is -2.05. The van der Waals surface area contributed by atoms with Crippen LogP contribution in [0.15, 0.2) is 0 Å². The minimum atomic E-state index is -1.01. The molecule has 0 aromatic rings. The molecule has 5 nitrogen and oxygen atoms in total. The number of nitrogens with one attached hydrogen (secondary N) is 1. The summed E-state index contributed by atoms with van der Waals surface area (Å²) in [4.78, 5) is 21.7. The lowest BCUT2D eigenvalue weighted by molar-refractivity contribution is -0.143. The molecule has 0 aromatic carbocycles. The molecule has 0 aliphatic heterocycles. The van der Waals surface area contributed by atoms with E-state index in [1.165, 1.54) is 51.4 Å². The second-order valence-electron chi connectivity index (χ2n) is 6.09. The minimum Gasteiger partial charge on any atom is -0.466 e. The van der Waals surface area contributed by atoms with Gasteiger partial charge in [-0.05, 0) is 19.3 Å². The van der Waals surface area contributed by atoms with E-state index in [4.69, 9.17) is 9.84 Å². The Morgan fingerprint density at radius 1 is 0.826 bits per heavy atom. The number of esters is 1. The molecule has 5 heteroatoms. The molecular weight excluding hydrogens is 294 g/mol. The number of rotatable bonds is 16. The molecule has 0 radical (unpaired) electrons. The third kappa shape index (κ3) is 18.7. The first-order chi connectivity index (χ1) is 11.2. The predicted octanol–water partition coefficient (Wildman–Crippen LogP) is 4.89. The molecule has 0 bridgehead atoms. The predicted molar refractivity (Wildman–Crippen MR) is 92.7 cm³/mol. The molecule has 0 rings (SSSR count). The summed E-state index contributed by atoms with van der Waals surface area (Å²) < 4.78 is 5.12. The van der Waals surface area contributed by atoms with E-state index in [-0.39, 0.29) is 5.97 Å². The van der Waals surface area contributed by atoms with Crippen molar-refractivity contribution in [1.29, 1.82) is 0 Å². The standard InChI is InChI=1S/C18H35NO4/c1-2-3-4-5-6-7-8-9-10-11-14-17(20)23-16-13-12-15-19-18(21)22/h19H,2-16H2,1H3,(H,21,22).